The van der Waals surface area contributed by atoms with E-state index in [9.17, 15) is 9.59 Å². The predicted octanol–water partition coefficient (Wildman–Crippen LogP) is -0.586. The summed E-state index contributed by atoms with van der Waals surface area (Å²) < 4.78 is 10.6. The molecule has 4 atom stereocenters. The summed E-state index contributed by atoms with van der Waals surface area (Å²) >= 11 is 0. The van der Waals surface area contributed by atoms with Crippen LogP contribution in [0.4, 0.5) is 0 Å². The van der Waals surface area contributed by atoms with Crippen molar-refractivity contribution < 1.29 is 19.1 Å². The monoisotopic (exact) mass is 170 g/mol. The van der Waals surface area contributed by atoms with Crippen LogP contribution in [-0.4, -0.2) is 38.0 Å². The van der Waals surface area contributed by atoms with E-state index in [2.05, 4.69) is 0 Å². The minimum atomic E-state index is -0.183. The van der Waals surface area contributed by atoms with Gasteiger partial charge < -0.3 is 19.1 Å². The summed E-state index contributed by atoms with van der Waals surface area (Å²) in [5, 5.41) is 0. The molecule has 0 spiro atoms. The molecule has 4 heteroatoms. The van der Waals surface area contributed by atoms with E-state index < -0.39 is 0 Å². The average Bonchev–Trinajstić information content (AvgIpc) is 2.62. The van der Waals surface area contributed by atoms with Crippen molar-refractivity contribution >= 4 is 12.6 Å². The van der Waals surface area contributed by atoms with Crippen molar-refractivity contribution in [3.63, 3.8) is 0 Å². The van der Waals surface area contributed by atoms with Gasteiger partial charge in [0.25, 0.3) is 0 Å². The van der Waals surface area contributed by atoms with Crippen molar-refractivity contribution in [2.75, 3.05) is 13.2 Å². The highest BCUT2D eigenvalue weighted by Gasteiger charge is 2.47. The van der Waals surface area contributed by atoms with Gasteiger partial charge in [-0.1, -0.05) is 0 Å². The molecule has 2 fully saturated rings. The third kappa shape index (κ3) is 0.990. The molecule has 12 heavy (non-hydrogen) atoms. The Bertz CT molecular complexity index is 181. The molecule has 0 aromatic rings. The molecule has 0 aromatic heterocycles. The van der Waals surface area contributed by atoms with Crippen LogP contribution in [0.5, 0.6) is 0 Å². The number of carbonyl (C=O) groups is 2. The average molecular weight is 170 g/mol. The van der Waals surface area contributed by atoms with Crippen LogP contribution in [0.15, 0.2) is 0 Å². The summed E-state index contributed by atoms with van der Waals surface area (Å²) in [6.07, 6.45) is 1.32. The molecule has 0 aliphatic carbocycles. The summed E-state index contributed by atoms with van der Waals surface area (Å²) in [6, 6.07) is 0. The zero-order chi connectivity index (χ0) is 8.55. The topological polar surface area (TPSA) is 52.6 Å². The van der Waals surface area contributed by atoms with Crippen LogP contribution in [-0.2, 0) is 19.1 Å². The third-order valence-corrected chi connectivity index (χ3v) is 2.48. The second-order valence-corrected chi connectivity index (χ2v) is 3.20. The summed E-state index contributed by atoms with van der Waals surface area (Å²) in [5.41, 5.74) is 0. The molecule has 0 aromatic carbocycles. The van der Waals surface area contributed by atoms with Crippen LogP contribution < -0.4 is 0 Å². The van der Waals surface area contributed by atoms with Crippen LogP contribution in [0.1, 0.15) is 0 Å². The van der Waals surface area contributed by atoms with Crippen molar-refractivity contribution in [1.82, 2.24) is 0 Å². The Morgan fingerprint density at radius 3 is 1.67 bits per heavy atom. The van der Waals surface area contributed by atoms with Gasteiger partial charge in [0.05, 0.1) is 37.3 Å². The van der Waals surface area contributed by atoms with E-state index in [1.807, 2.05) is 0 Å². The smallest absolute Gasteiger partial charge is 0.128 e. The number of carbonyl (C=O) groups excluding carboxylic acids is 2. The Morgan fingerprint density at radius 1 is 0.917 bits per heavy atom. The van der Waals surface area contributed by atoms with Crippen molar-refractivity contribution in [2.24, 2.45) is 11.8 Å². The van der Waals surface area contributed by atoms with Crippen molar-refractivity contribution in [3.05, 3.63) is 0 Å². The van der Waals surface area contributed by atoms with E-state index in [1.54, 1.807) is 0 Å². The first-order valence-electron chi connectivity index (χ1n) is 4.00. The standard InChI is InChI=1S/C8H10O4/c9-1-5-3-11-8-6(2-10)4-12-7(5)8/h1-2,5-8H,3-4H2/t5-,6+,7?,8?. The molecule has 4 nitrogen and oxygen atoms in total. The number of fused-ring (bicyclic) bond motifs is 1. The lowest BCUT2D eigenvalue weighted by Crippen LogP contribution is -2.27. The maximum atomic E-state index is 10.5. The van der Waals surface area contributed by atoms with Gasteiger partial charge in [-0.25, -0.2) is 0 Å². The van der Waals surface area contributed by atoms with E-state index in [-0.39, 0.29) is 24.0 Å². The van der Waals surface area contributed by atoms with Crippen molar-refractivity contribution in [2.45, 2.75) is 12.2 Å². The Labute approximate surface area is 69.8 Å². The van der Waals surface area contributed by atoms with Crippen LogP contribution in [0, 0.1) is 11.8 Å². The van der Waals surface area contributed by atoms with Crippen molar-refractivity contribution in [3.8, 4) is 0 Å². The van der Waals surface area contributed by atoms with Gasteiger partial charge in [0.1, 0.15) is 12.6 Å². The molecule has 0 radical (unpaired) electrons. The van der Waals surface area contributed by atoms with Gasteiger partial charge in [-0.05, 0) is 0 Å². The lowest BCUT2D eigenvalue weighted by atomic mass is 9.98. The normalized spacial score (nSPS) is 45.7. The van der Waals surface area contributed by atoms with Gasteiger partial charge in [0, 0.05) is 0 Å². The molecular formula is C8H10O4. The van der Waals surface area contributed by atoms with Crippen LogP contribution in [0.25, 0.3) is 0 Å². The van der Waals surface area contributed by atoms with Gasteiger partial charge in [-0.2, -0.15) is 0 Å². The maximum absolute atomic E-state index is 10.5. The molecule has 0 saturated carbocycles. The molecule has 66 valence electrons. The molecule has 2 aliphatic rings. The highest BCUT2D eigenvalue weighted by molar-refractivity contribution is 5.59. The van der Waals surface area contributed by atoms with Crippen LogP contribution in [0.3, 0.4) is 0 Å². The predicted molar refractivity (Wildman–Crippen MR) is 38.6 cm³/mol. The molecule has 0 bridgehead atoms. The Kier molecular flexibility index (Phi) is 1.94. The second kappa shape index (κ2) is 2.95. The van der Waals surface area contributed by atoms with E-state index in [0.717, 1.165) is 12.6 Å². The maximum Gasteiger partial charge on any atom is 0.128 e. The molecule has 2 heterocycles. The zero-order valence-corrected chi connectivity index (χ0v) is 6.51. The molecule has 2 saturated heterocycles. The fraction of sp³-hybridized carbons (Fsp3) is 0.750. The largest absolute Gasteiger partial charge is 0.374 e. The van der Waals surface area contributed by atoms with Gasteiger partial charge in [0.15, 0.2) is 0 Å². The first-order valence-corrected chi connectivity index (χ1v) is 4.00. The minimum Gasteiger partial charge on any atom is -0.374 e. The minimum absolute atomic E-state index is 0.181. The molecule has 2 unspecified atom stereocenters. The Balaban J connectivity index is 2.10. The van der Waals surface area contributed by atoms with E-state index >= 15 is 0 Å². The quantitative estimate of drug-likeness (QED) is 0.520. The number of ether oxygens (including phenoxy) is 2. The molecule has 0 amide bonds. The number of rotatable bonds is 2. The van der Waals surface area contributed by atoms with E-state index in [0.29, 0.717) is 13.2 Å². The van der Waals surface area contributed by atoms with E-state index in [4.69, 9.17) is 9.47 Å². The Morgan fingerprint density at radius 2 is 1.33 bits per heavy atom. The lowest BCUT2D eigenvalue weighted by Gasteiger charge is -2.09. The highest BCUT2D eigenvalue weighted by Crippen LogP contribution is 2.32. The highest BCUT2D eigenvalue weighted by atomic mass is 16.6. The van der Waals surface area contributed by atoms with E-state index in [1.165, 1.54) is 0 Å². The fourth-order valence-corrected chi connectivity index (χ4v) is 1.79. The summed E-state index contributed by atoms with van der Waals surface area (Å²) in [6.45, 7) is 0.784. The van der Waals surface area contributed by atoms with Crippen molar-refractivity contribution in [1.29, 1.82) is 0 Å². The van der Waals surface area contributed by atoms with Gasteiger partial charge in [-0.15, -0.1) is 0 Å². The fourth-order valence-electron chi connectivity index (χ4n) is 1.79. The third-order valence-electron chi connectivity index (χ3n) is 2.48. The Hall–Kier alpha value is -0.740. The van der Waals surface area contributed by atoms with Gasteiger partial charge >= 0.3 is 0 Å². The molecule has 2 rings (SSSR count). The summed E-state index contributed by atoms with van der Waals surface area (Å²) in [7, 11) is 0. The number of hydrogen-bond donors (Lipinski definition) is 0. The zero-order valence-electron chi connectivity index (χ0n) is 6.51. The van der Waals surface area contributed by atoms with Gasteiger partial charge in [0.2, 0.25) is 0 Å². The second-order valence-electron chi connectivity index (χ2n) is 3.20. The first kappa shape index (κ1) is 7.89. The summed E-state index contributed by atoms with van der Waals surface area (Å²) in [5.74, 6) is -0.361. The molecule has 2 aliphatic heterocycles. The molecule has 0 N–H and O–H groups in total. The van der Waals surface area contributed by atoms with Gasteiger partial charge in [-0.3, -0.25) is 0 Å². The number of hydrogen-bond acceptors (Lipinski definition) is 4. The van der Waals surface area contributed by atoms with Crippen LogP contribution >= 0.6 is 0 Å². The molecular weight excluding hydrogens is 160 g/mol. The SMILES string of the molecule is O=C[C@@H]1COC2C1OC[C@@H]2C=O. The lowest BCUT2D eigenvalue weighted by molar-refractivity contribution is -0.114. The summed E-state index contributed by atoms with van der Waals surface area (Å²) in [4.78, 5) is 21.0. The first-order chi connectivity index (χ1) is 5.86. The van der Waals surface area contributed by atoms with Crippen LogP contribution in [0.2, 0.25) is 0 Å². The number of aldehydes is 2.